The zero-order valence-corrected chi connectivity index (χ0v) is 19.0. The predicted octanol–water partition coefficient (Wildman–Crippen LogP) is 3.79. The van der Waals surface area contributed by atoms with E-state index in [0.29, 0.717) is 27.4 Å². The number of aromatic nitrogens is 3. The van der Waals surface area contributed by atoms with E-state index in [-0.39, 0.29) is 33.0 Å². The fourth-order valence-electron chi connectivity index (χ4n) is 2.78. The quantitative estimate of drug-likeness (QED) is 0.331. The van der Waals surface area contributed by atoms with Crippen molar-refractivity contribution in [3.8, 4) is 5.75 Å². The summed E-state index contributed by atoms with van der Waals surface area (Å²) in [5, 5.41) is 2.74. The van der Waals surface area contributed by atoms with Gasteiger partial charge in [0.15, 0.2) is 18.5 Å². The highest BCUT2D eigenvalue weighted by atomic mass is 32.2. The standard InChI is InChI=1S/C21H21F3N4O5S.H2/c1-13-16(25-8-7-18(13)31-11-21(22,23)24)10-33-34-20-27-15-5-3-4-6-17(15)28(20)12-32-19(30)9-26-14(2)29;/h3-8H,9-12H2,1-2H3,(H,26,29);1H. The molecule has 0 aliphatic rings. The Labute approximate surface area is 198 Å². The Bertz CT molecular complexity index is 1180. The number of ether oxygens (including phenoxy) is 2. The van der Waals surface area contributed by atoms with Gasteiger partial charge in [0, 0.05) is 20.1 Å². The van der Waals surface area contributed by atoms with Crippen LogP contribution >= 0.6 is 12.0 Å². The third-order valence-electron chi connectivity index (χ3n) is 4.44. The third kappa shape index (κ3) is 7.09. The van der Waals surface area contributed by atoms with Crippen LogP contribution < -0.4 is 10.1 Å². The summed E-state index contributed by atoms with van der Waals surface area (Å²) in [6, 6.07) is 8.53. The first-order valence-electron chi connectivity index (χ1n) is 9.93. The van der Waals surface area contributed by atoms with Gasteiger partial charge in [0.05, 0.1) is 28.8 Å². The summed E-state index contributed by atoms with van der Waals surface area (Å²) in [6.07, 6.45) is -3.11. The number of esters is 1. The lowest BCUT2D eigenvalue weighted by atomic mass is 10.2. The number of rotatable bonds is 10. The first-order chi connectivity index (χ1) is 16.1. The highest BCUT2D eigenvalue weighted by Crippen LogP contribution is 2.28. The molecule has 3 rings (SSSR count). The van der Waals surface area contributed by atoms with Crippen molar-refractivity contribution < 1.29 is 37.8 Å². The first kappa shape index (κ1) is 25.3. The number of fused-ring (bicyclic) bond motifs is 1. The van der Waals surface area contributed by atoms with Crippen molar-refractivity contribution in [1.29, 1.82) is 0 Å². The molecule has 184 valence electrons. The molecule has 0 spiro atoms. The largest absolute Gasteiger partial charge is 0.484 e. The van der Waals surface area contributed by atoms with Gasteiger partial charge in [-0.2, -0.15) is 13.2 Å². The van der Waals surface area contributed by atoms with E-state index < -0.39 is 18.8 Å². The number of hydrogen-bond acceptors (Lipinski definition) is 8. The smallest absolute Gasteiger partial charge is 0.422 e. The summed E-state index contributed by atoms with van der Waals surface area (Å²) in [7, 11) is 0. The maximum absolute atomic E-state index is 12.5. The number of para-hydroxylation sites is 2. The normalized spacial score (nSPS) is 11.4. The van der Waals surface area contributed by atoms with Crippen LogP contribution in [0, 0.1) is 6.92 Å². The lowest BCUT2D eigenvalue weighted by Crippen LogP contribution is -2.28. The molecule has 0 saturated heterocycles. The van der Waals surface area contributed by atoms with Crippen LogP contribution in [-0.2, 0) is 31.8 Å². The lowest BCUT2D eigenvalue weighted by Gasteiger charge is -2.13. The van der Waals surface area contributed by atoms with E-state index in [0.717, 1.165) is 12.0 Å². The molecule has 2 heterocycles. The molecule has 1 N–H and O–H groups in total. The number of hydrogen-bond donors (Lipinski definition) is 1. The van der Waals surface area contributed by atoms with Crippen LogP contribution in [0.2, 0.25) is 0 Å². The average Bonchev–Trinajstić information content (AvgIpc) is 3.13. The van der Waals surface area contributed by atoms with E-state index in [1.807, 2.05) is 0 Å². The summed E-state index contributed by atoms with van der Waals surface area (Å²) in [4.78, 5) is 31.4. The minimum Gasteiger partial charge on any atom is -0.484 e. The van der Waals surface area contributed by atoms with Gasteiger partial charge in [0.2, 0.25) is 5.91 Å². The Morgan fingerprint density at radius 2 is 2.00 bits per heavy atom. The van der Waals surface area contributed by atoms with Gasteiger partial charge in [-0.15, -0.1) is 0 Å². The number of amides is 1. The van der Waals surface area contributed by atoms with Gasteiger partial charge in [0.25, 0.3) is 0 Å². The molecule has 1 aromatic carbocycles. The Morgan fingerprint density at radius 3 is 2.74 bits per heavy atom. The van der Waals surface area contributed by atoms with Gasteiger partial charge < -0.3 is 19.0 Å². The van der Waals surface area contributed by atoms with Gasteiger partial charge in [0.1, 0.15) is 18.9 Å². The molecule has 34 heavy (non-hydrogen) atoms. The second-order valence-electron chi connectivity index (χ2n) is 7.00. The van der Waals surface area contributed by atoms with Crippen molar-refractivity contribution in [2.75, 3.05) is 13.2 Å². The number of pyridine rings is 1. The van der Waals surface area contributed by atoms with Gasteiger partial charge in [-0.05, 0) is 25.1 Å². The summed E-state index contributed by atoms with van der Waals surface area (Å²) < 4.78 is 54.7. The fourth-order valence-corrected chi connectivity index (χ4v) is 3.44. The molecule has 0 aliphatic heterocycles. The SMILES string of the molecule is CC(=O)NCC(=O)OCn1c(SOCc2nccc(OCC(F)(F)F)c2C)nc2ccccc21.[HH]. The monoisotopic (exact) mass is 500 g/mol. The number of alkyl halides is 3. The van der Waals surface area contributed by atoms with Crippen LogP contribution in [0.1, 0.15) is 19.6 Å². The number of carbonyl (C=O) groups is 2. The van der Waals surface area contributed by atoms with Crippen molar-refractivity contribution in [2.45, 2.75) is 38.5 Å². The number of imidazole rings is 1. The number of halogens is 3. The summed E-state index contributed by atoms with van der Waals surface area (Å²) in [5.74, 6) is -0.916. The molecule has 0 unspecified atom stereocenters. The zero-order valence-electron chi connectivity index (χ0n) is 18.2. The van der Waals surface area contributed by atoms with E-state index in [1.54, 1.807) is 35.8 Å². The first-order valence-corrected chi connectivity index (χ1v) is 10.7. The molecule has 0 saturated carbocycles. The Hall–Kier alpha value is -3.32. The average molecular weight is 500 g/mol. The van der Waals surface area contributed by atoms with Crippen LogP contribution in [0.5, 0.6) is 5.75 Å². The molecule has 13 heteroatoms. The Morgan fingerprint density at radius 1 is 1.24 bits per heavy atom. The van der Waals surface area contributed by atoms with E-state index >= 15 is 0 Å². The molecule has 1 amide bonds. The number of carbonyl (C=O) groups excluding carboxylic acids is 2. The topological polar surface area (TPSA) is 105 Å². The maximum Gasteiger partial charge on any atom is 0.422 e. The molecular formula is C21H23F3N4O5S. The Kier molecular flexibility index (Phi) is 8.34. The van der Waals surface area contributed by atoms with Crippen molar-refractivity contribution in [1.82, 2.24) is 19.9 Å². The maximum atomic E-state index is 12.5. The highest BCUT2D eigenvalue weighted by Gasteiger charge is 2.28. The number of nitrogens with zero attached hydrogens (tertiary/aromatic N) is 3. The van der Waals surface area contributed by atoms with E-state index in [2.05, 4.69) is 15.3 Å². The van der Waals surface area contributed by atoms with Gasteiger partial charge in [-0.25, -0.2) is 4.98 Å². The Balaban J connectivity index is 0.00000432. The van der Waals surface area contributed by atoms with Gasteiger partial charge in [-0.1, -0.05) is 12.1 Å². The van der Waals surface area contributed by atoms with Gasteiger partial charge in [-0.3, -0.25) is 19.1 Å². The van der Waals surface area contributed by atoms with Crippen molar-refractivity contribution in [3.63, 3.8) is 0 Å². The second-order valence-corrected chi connectivity index (χ2v) is 7.76. The van der Waals surface area contributed by atoms with Gasteiger partial charge >= 0.3 is 12.1 Å². The molecule has 0 radical (unpaired) electrons. The molecule has 3 aromatic rings. The van der Waals surface area contributed by atoms with E-state index in [9.17, 15) is 22.8 Å². The summed E-state index contributed by atoms with van der Waals surface area (Å²) in [6.45, 7) is 1.01. The van der Waals surface area contributed by atoms with E-state index in [1.165, 1.54) is 19.2 Å². The summed E-state index contributed by atoms with van der Waals surface area (Å²) >= 11 is 0.900. The minimum atomic E-state index is -4.45. The predicted molar refractivity (Wildman–Crippen MR) is 118 cm³/mol. The molecule has 0 bridgehead atoms. The van der Waals surface area contributed by atoms with Crippen LogP contribution in [-0.4, -0.2) is 45.7 Å². The fraction of sp³-hybridized carbons (Fsp3) is 0.333. The molecule has 2 aromatic heterocycles. The lowest BCUT2D eigenvalue weighted by molar-refractivity contribution is -0.153. The minimum absolute atomic E-state index is 0. The molecular weight excluding hydrogens is 477 g/mol. The third-order valence-corrected chi connectivity index (χ3v) is 5.13. The zero-order chi connectivity index (χ0) is 24.7. The molecule has 9 nitrogen and oxygen atoms in total. The van der Waals surface area contributed by atoms with Crippen LogP contribution in [0.15, 0.2) is 41.7 Å². The van der Waals surface area contributed by atoms with Crippen LogP contribution in [0.25, 0.3) is 11.0 Å². The number of benzene rings is 1. The molecule has 0 aliphatic carbocycles. The second kappa shape index (κ2) is 11.2. The van der Waals surface area contributed by atoms with Crippen molar-refractivity contribution >= 4 is 35.0 Å². The van der Waals surface area contributed by atoms with Crippen LogP contribution in [0.4, 0.5) is 13.2 Å². The van der Waals surface area contributed by atoms with Crippen LogP contribution in [0.3, 0.4) is 0 Å². The number of nitrogens with one attached hydrogen (secondary N) is 1. The highest BCUT2D eigenvalue weighted by molar-refractivity contribution is 7.94. The van der Waals surface area contributed by atoms with E-state index in [4.69, 9.17) is 13.7 Å². The molecule has 0 atom stereocenters. The van der Waals surface area contributed by atoms with Crippen molar-refractivity contribution in [2.24, 2.45) is 0 Å². The van der Waals surface area contributed by atoms with Crippen molar-refractivity contribution in [3.05, 3.63) is 47.8 Å². The summed E-state index contributed by atoms with van der Waals surface area (Å²) in [5.41, 5.74) is 2.16. The molecule has 0 fully saturated rings.